The minimum atomic E-state index is -0.333. The highest BCUT2D eigenvalue weighted by Gasteiger charge is 2.29. The summed E-state index contributed by atoms with van der Waals surface area (Å²) < 4.78 is 14.7. The van der Waals surface area contributed by atoms with E-state index in [1.54, 1.807) is 48.0 Å². The fourth-order valence-electron chi connectivity index (χ4n) is 2.94. The van der Waals surface area contributed by atoms with Crippen molar-refractivity contribution < 1.29 is 14.0 Å². The van der Waals surface area contributed by atoms with Gasteiger partial charge in [-0.2, -0.15) is 5.10 Å². The van der Waals surface area contributed by atoms with Crippen LogP contribution in [0.2, 0.25) is 0 Å². The van der Waals surface area contributed by atoms with Crippen LogP contribution in [0.15, 0.2) is 54.7 Å². The van der Waals surface area contributed by atoms with E-state index < -0.39 is 0 Å². The van der Waals surface area contributed by atoms with Gasteiger partial charge in [0.2, 0.25) is 5.91 Å². The Morgan fingerprint density at radius 1 is 1.07 bits per heavy atom. The van der Waals surface area contributed by atoms with Crippen LogP contribution in [-0.2, 0) is 4.79 Å². The molecule has 1 aliphatic carbocycles. The van der Waals surface area contributed by atoms with E-state index in [2.05, 4.69) is 15.7 Å². The van der Waals surface area contributed by atoms with Crippen LogP contribution < -0.4 is 10.6 Å². The van der Waals surface area contributed by atoms with E-state index >= 15 is 0 Å². The van der Waals surface area contributed by atoms with Crippen LogP contribution in [0.5, 0.6) is 0 Å². The number of rotatable bonds is 5. The van der Waals surface area contributed by atoms with Gasteiger partial charge >= 0.3 is 0 Å². The van der Waals surface area contributed by atoms with Gasteiger partial charge < -0.3 is 10.6 Å². The molecule has 2 amide bonds. The van der Waals surface area contributed by atoms with Crippen LogP contribution >= 0.6 is 0 Å². The number of benzene rings is 2. The van der Waals surface area contributed by atoms with Crippen molar-refractivity contribution in [1.29, 1.82) is 0 Å². The highest BCUT2D eigenvalue weighted by atomic mass is 19.1. The third kappa shape index (κ3) is 3.78. The van der Waals surface area contributed by atoms with E-state index in [1.165, 1.54) is 18.3 Å². The molecule has 2 N–H and O–H groups in total. The van der Waals surface area contributed by atoms with Crippen LogP contribution in [0.3, 0.4) is 0 Å². The number of hydrogen-bond donors (Lipinski definition) is 2. The van der Waals surface area contributed by atoms with Gasteiger partial charge in [-0.1, -0.05) is 6.07 Å². The van der Waals surface area contributed by atoms with Crippen LogP contribution in [0.25, 0.3) is 5.69 Å². The summed E-state index contributed by atoms with van der Waals surface area (Å²) in [5, 5.41) is 9.93. The molecule has 0 saturated heterocycles. The number of hydrogen-bond acceptors (Lipinski definition) is 3. The lowest BCUT2D eigenvalue weighted by Crippen LogP contribution is -2.15. The molecule has 3 aromatic rings. The van der Waals surface area contributed by atoms with E-state index in [1.807, 2.05) is 0 Å². The summed E-state index contributed by atoms with van der Waals surface area (Å²) in [6, 6.07) is 12.9. The van der Waals surface area contributed by atoms with Crippen LogP contribution in [0.4, 0.5) is 15.8 Å². The predicted molar refractivity (Wildman–Crippen MR) is 104 cm³/mol. The first-order valence-electron chi connectivity index (χ1n) is 9.04. The molecule has 28 heavy (non-hydrogen) atoms. The lowest BCUT2D eigenvalue weighted by Gasteiger charge is -2.09. The number of anilines is 2. The molecule has 0 atom stereocenters. The average molecular weight is 378 g/mol. The maximum absolute atomic E-state index is 13.1. The Balaban J connectivity index is 1.49. The van der Waals surface area contributed by atoms with E-state index in [0.29, 0.717) is 28.3 Å². The number of nitrogens with one attached hydrogen (secondary N) is 2. The second kappa shape index (κ2) is 7.26. The SMILES string of the molecule is Cc1c(C(=O)Nc2cccc(NC(=O)C3CC3)c2)cnn1-c1ccc(F)cc1. The number of carbonyl (C=O) groups excluding carboxylic acids is 2. The van der Waals surface area contributed by atoms with Gasteiger partial charge in [-0.05, 0) is 62.2 Å². The molecule has 1 heterocycles. The molecule has 4 rings (SSSR count). The summed E-state index contributed by atoms with van der Waals surface area (Å²) >= 11 is 0. The van der Waals surface area contributed by atoms with Crippen LogP contribution in [0.1, 0.15) is 28.9 Å². The lowest BCUT2D eigenvalue weighted by molar-refractivity contribution is -0.117. The first-order valence-corrected chi connectivity index (χ1v) is 9.04. The van der Waals surface area contributed by atoms with Crippen molar-refractivity contribution in [2.45, 2.75) is 19.8 Å². The Kier molecular flexibility index (Phi) is 4.65. The Morgan fingerprint density at radius 3 is 2.43 bits per heavy atom. The maximum atomic E-state index is 13.1. The smallest absolute Gasteiger partial charge is 0.259 e. The van der Waals surface area contributed by atoms with E-state index in [9.17, 15) is 14.0 Å². The summed E-state index contributed by atoms with van der Waals surface area (Å²) in [6.45, 7) is 1.78. The van der Waals surface area contributed by atoms with Gasteiger partial charge in [-0.25, -0.2) is 9.07 Å². The van der Waals surface area contributed by atoms with Crippen molar-refractivity contribution in [1.82, 2.24) is 9.78 Å². The maximum Gasteiger partial charge on any atom is 0.259 e. The normalized spacial score (nSPS) is 13.2. The fourth-order valence-corrected chi connectivity index (χ4v) is 2.94. The molecule has 0 spiro atoms. The largest absolute Gasteiger partial charge is 0.326 e. The van der Waals surface area contributed by atoms with Gasteiger partial charge in [0.1, 0.15) is 5.82 Å². The second-order valence-electron chi connectivity index (χ2n) is 6.83. The average Bonchev–Trinajstić information content (AvgIpc) is 3.45. The molecule has 1 saturated carbocycles. The third-order valence-electron chi connectivity index (χ3n) is 4.66. The minimum Gasteiger partial charge on any atom is -0.326 e. The number of nitrogens with zero attached hydrogens (tertiary/aromatic N) is 2. The Bertz CT molecular complexity index is 1040. The van der Waals surface area contributed by atoms with E-state index in [0.717, 1.165) is 12.8 Å². The second-order valence-corrected chi connectivity index (χ2v) is 6.83. The monoisotopic (exact) mass is 378 g/mol. The number of halogens is 1. The summed E-state index contributed by atoms with van der Waals surface area (Å²) in [5.74, 6) is -0.519. The van der Waals surface area contributed by atoms with Gasteiger partial charge in [0, 0.05) is 17.3 Å². The molecule has 0 unspecified atom stereocenters. The lowest BCUT2D eigenvalue weighted by atomic mass is 10.2. The molecule has 7 heteroatoms. The van der Waals surface area contributed by atoms with Crippen molar-refractivity contribution in [2.24, 2.45) is 5.92 Å². The van der Waals surface area contributed by atoms with Crippen molar-refractivity contribution in [3.05, 3.63) is 71.8 Å². The number of carbonyl (C=O) groups is 2. The van der Waals surface area contributed by atoms with Gasteiger partial charge in [0.15, 0.2) is 0 Å². The Labute approximate surface area is 161 Å². The van der Waals surface area contributed by atoms with Gasteiger partial charge in [-0.3, -0.25) is 9.59 Å². The zero-order valence-electron chi connectivity index (χ0n) is 15.3. The van der Waals surface area contributed by atoms with Gasteiger partial charge in [-0.15, -0.1) is 0 Å². The summed E-state index contributed by atoms with van der Waals surface area (Å²) in [4.78, 5) is 24.6. The standard InChI is InChI=1S/C21H19FN4O2/c1-13-19(12-23-26(13)18-9-7-15(22)8-10-18)21(28)25-17-4-2-3-16(11-17)24-20(27)14-5-6-14/h2-4,7-12,14H,5-6H2,1H3,(H,24,27)(H,25,28). The molecule has 1 aromatic heterocycles. The van der Waals surface area contributed by atoms with Gasteiger partial charge in [0.05, 0.1) is 23.1 Å². The van der Waals surface area contributed by atoms with Crippen molar-refractivity contribution >= 4 is 23.2 Å². The van der Waals surface area contributed by atoms with Crippen molar-refractivity contribution in [3.8, 4) is 5.69 Å². The zero-order valence-corrected chi connectivity index (χ0v) is 15.3. The number of aromatic nitrogens is 2. The Morgan fingerprint density at radius 2 is 1.75 bits per heavy atom. The van der Waals surface area contributed by atoms with Gasteiger partial charge in [0.25, 0.3) is 5.91 Å². The molecule has 6 nitrogen and oxygen atoms in total. The topological polar surface area (TPSA) is 76.0 Å². The van der Waals surface area contributed by atoms with E-state index in [4.69, 9.17) is 0 Å². The molecule has 0 aliphatic heterocycles. The molecule has 0 radical (unpaired) electrons. The molecule has 0 bridgehead atoms. The molecular weight excluding hydrogens is 359 g/mol. The molecule has 142 valence electrons. The summed E-state index contributed by atoms with van der Waals surface area (Å²) in [5.41, 5.74) is 2.95. The molecule has 1 aliphatic rings. The highest BCUT2D eigenvalue weighted by Crippen LogP contribution is 2.30. The first kappa shape index (κ1) is 17.9. The third-order valence-corrected chi connectivity index (χ3v) is 4.66. The predicted octanol–water partition coefficient (Wildman–Crippen LogP) is 3.92. The van der Waals surface area contributed by atoms with Crippen molar-refractivity contribution in [2.75, 3.05) is 10.6 Å². The van der Waals surface area contributed by atoms with E-state index in [-0.39, 0.29) is 23.5 Å². The Hall–Kier alpha value is -3.48. The zero-order chi connectivity index (χ0) is 19.7. The minimum absolute atomic E-state index is 0.0138. The van der Waals surface area contributed by atoms with Crippen LogP contribution in [-0.4, -0.2) is 21.6 Å². The molecule has 2 aromatic carbocycles. The molecule has 1 fully saturated rings. The molecular formula is C21H19FN4O2. The fraction of sp³-hybridized carbons (Fsp3) is 0.190. The van der Waals surface area contributed by atoms with Crippen molar-refractivity contribution in [3.63, 3.8) is 0 Å². The summed E-state index contributed by atoms with van der Waals surface area (Å²) in [6.07, 6.45) is 3.34. The highest BCUT2D eigenvalue weighted by molar-refractivity contribution is 6.05. The quantitative estimate of drug-likeness (QED) is 0.707. The number of amides is 2. The summed E-state index contributed by atoms with van der Waals surface area (Å²) in [7, 11) is 0. The first-order chi connectivity index (χ1) is 13.5. The van der Waals surface area contributed by atoms with Crippen LogP contribution in [0, 0.1) is 18.7 Å².